The van der Waals surface area contributed by atoms with Crippen LogP contribution in [-0.4, -0.2) is 99.6 Å². The van der Waals surface area contributed by atoms with Crippen molar-refractivity contribution < 1.29 is 49.3 Å². The third kappa shape index (κ3) is 44.4. The van der Waals surface area contributed by atoms with Gasteiger partial charge < -0.3 is 45.1 Å². The van der Waals surface area contributed by atoms with Gasteiger partial charge in [-0.2, -0.15) is 0 Å². The zero-order chi connectivity index (χ0) is 57.5. The molecule has 0 aromatic heterocycles. The zero-order valence-electron chi connectivity index (χ0n) is 51.8. The second-order valence-electron chi connectivity index (χ2n) is 23.9. The smallest absolute Gasteiger partial charge is 0.306 e. The van der Waals surface area contributed by atoms with E-state index >= 15 is 0 Å². The van der Waals surface area contributed by atoms with Crippen molar-refractivity contribution in [3.05, 3.63) is 24.3 Å². The second kappa shape index (κ2) is 56.6. The van der Waals surface area contributed by atoms with Crippen LogP contribution in [0.5, 0.6) is 0 Å². The standard InChI is InChI=1S/C68H129NO10/c1-4-7-10-13-16-19-22-25-26-27-28-29-30-31-32-33-34-35-36-38-41-44-47-50-53-56-63(73)79-66-65(75)64(74)62(57-70)78-68(66)77-58-59(60(71)54-51-48-45-42-39-24-21-18-15-12-9-6-3)69-67(76)61(72)55-52-49-46-43-40-37-23-20-17-14-11-8-5-2/h25-26,51,54,59-62,64-66,68,70-72,74-75H,4-24,27-50,52-53,55-58H2,1-3H3,(H,69,76)/b26-25+,54-51+. The first-order chi connectivity index (χ1) is 38.7. The van der Waals surface area contributed by atoms with Gasteiger partial charge in [0.05, 0.1) is 25.4 Å². The van der Waals surface area contributed by atoms with Crippen LogP contribution in [0.15, 0.2) is 24.3 Å². The lowest BCUT2D eigenvalue weighted by Crippen LogP contribution is -2.61. The number of aliphatic hydroxyl groups is 5. The molecule has 0 saturated carbocycles. The van der Waals surface area contributed by atoms with E-state index in [9.17, 15) is 35.1 Å². The molecule has 1 fully saturated rings. The van der Waals surface area contributed by atoms with Gasteiger partial charge in [0.2, 0.25) is 5.91 Å². The Labute approximate surface area is 486 Å². The quantitative estimate of drug-likeness (QED) is 0.0195. The number of allylic oxidation sites excluding steroid dienone is 3. The van der Waals surface area contributed by atoms with E-state index in [1.165, 1.54) is 231 Å². The molecule has 466 valence electrons. The lowest BCUT2D eigenvalue weighted by molar-refractivity contribution is -0.305. The van der Waals surface area contributed by atoms with E-state index in [4.69, 9.17) is 14.2 Å². The highest BCUT2D eigenvalue weighted by molar-refractivity contribution is 5.80. The van der Waals surface area contributed by atoms with Crippen molar-refractivity contribution in [2.24, 2.45) is 0 Å². The van der Waals surface area contributed by atoms with Gasteiger partial charge in [-0.15, -0.1) is 0 Å². The van der Waals surface area contributed by atoms with E-state index in [1.54, 1.807) is 6.08 Å². The monoisotopic (exact) mass is 1120 g/mol. The summed E-state index contributed by atoms with van der Waals surface area (Å²) in [4.78, 5) is 26.6. The molecule has 0 spiro atoms. The van der Waals surface area contributed by atoms with Crippen molar-refractivity contribution in [2.45, 2.75) is 384 Å². The van der Waals surface area contributed by atoms with Crippen LogP contribution in [0.1, 0.15) is 335 Å². The summed E-state index contributed by atoms with van der Waals surface area (Å²) in [6, 6.07) is -1.02. The summed E-state index contributed by atoms with van der Waals surface area (Å²) in [6.07, 6.45) is 56.6. The third-order valence-corrected chi connectivity index (χ3v) is 16.4. The molecule has 11 heteroatoms. The molecular weight excluding hydrogens is 991 g/mol. The predicted octanol–water partition coefficient (Wildman–Crippen LogP) is 16.8. The Morgan fingerprint density at radius 2 is 0.835 bits per heavy atom. The summed E-state index contributed by atoms with van der Waals surface area (Å²) in [5.74, 6) is -1.18. The topological polar surface area (TPSA) is 175 Å². The van der Waals surface area contributed by atoms with E-state index in [2.05, 4.69) is 38.2 Å². The molecule has 1 aliphatic rings. The molecule has 0 aliphatic carbocycles. The van der Waals surface area contributed by atoms with Gasteiger partial charge in [-0.1, -0.05) is 302 Å². The van der Waals surface area contributed by atoms with Crippen molar-refractivity contribution >= 4 is 11.9 Å². The molecule has 0 aromatic rings. The number of unbranched alkanes of at least 4 members (excludes halogenated alkanes) is 43. The van der Waals surface area contributed by atoms with Gasteiger partial charge in [0.1, 0.15) is 24.4 Å². The van der Waals surface area contributed by atoms with Gasteiger partial charge in [0, 0.05) is 6.42 Å². The van der Waals surface area contributed by atoms with E-state index in [-0.39, 0.29) is 13.0 Å². The Balaban J connectivity index is 2.54. The average molecular weight is 1120 g/mol. The normalized spacial score (nSPS) is 18.9. The number of hydrogen-bond donors (Lipinski definition) is 6. The van der Waals surface area contributed by atoms with Gasteiger partial charge in [-0.05, 0) is 51.4 Å². The minimum Gasteiger partial charge on any atom is -0.454 e. The fourth-order valence-corrected chi connectivity index (χ4v) is 10.9. The Bertz CT molecular complexity index is 1380. The van der Waals surface area contributed by atoms with Crippen molar-refractivity contribution in [3.63, 3.8) is 0 Å². The predicted molar refractivity (Wildman–Crippen MR) is 329 cm³/mol. The van der Waals surface area contributed by atoms with Gasteiger partial charge in [0.25, 0.3) is 0 Å². The van der Waals surface area contributed by atoms with Gasteiger partial charge in [-0.3, -0.25) is 9.59 Å². The number of aliphatic hydroxyl groups excluding tert-OH is 5. The minimum atomic E-state index is -1.61. The Hall–Kier alpha value is -1.86. The number of rotatable bonds is 59. The van der Waals surface area contributed by atoms with Gasteiger partial charge in [0.15, 0.2) is 12.4 Å². The first kappa shape index (κ1) is 75.2. The molecule has 8 atom stereocenters. The summed E-state index contributed by atoms with van der Waals surface area (Å²) in [6.45, 7) is 5.82. The summed E-state index contributed by atoms with van der Waals surface area (Å²) in [7, 11) is 0. The summed E-state index contributed by atoms with van der Waals surface area (Å²) >= 11 is 0. The Morgan fingerprint density at radius 3 is 1.23 bits per heavy atom. The van der Waals surface area contributed by atoms with E-state index < -0.39 is 67.4 Å². The van der Waals surface area contributed by atoms with Crippen LogP contribution in [0.2, 0.25) is 0 Å². The molecular formula is C68H129NO10. The number of amides is 1. The number of ether oxygens (including phenoxy) is 3. The second-order valence-corrected chi connectivity index (χ2v) is 23.9. The van der Waals surface area contributed by atoms with Crippen molar-refractivity contribution in [3.8, 4) is 0 Å². The number of hydrogen-bond acceptors (Lipinski definition) is 10. The molecule has 0 aromatic carbocycles. The molecule has 8 unspecified atom stereocenters. The fraction of sp³-hybridized carbons (Fsp3) is 0.912. The first-order valence-corrected chi connectivity index (χ1v) is 34.1. The molecule has 1 heterocycles. The Kier molecular flexibility index (Phi) is 53.9. The highest BCUT2D eigenvalue weighted by atomic mass is 16.7. The lowest BCUT2D eigenvalue weighted by Gasteiger charge is -2.41. The largest absolute Gasteiger partial charge is 0.454 e. The van der Waals surface area contributed by atoms with Crippen LogP contribution in [0, 0.1) is 0 Å². The third-order valence-electron chi connectivity index (χ3n) is 16.4. The van der Waals surface area contributed by atoms with Crippen LogP contribution in [0.3, 0.4) is 0 Å². The number of carbonyl (C=O) groups is 2. The number of nitrogens with one attached hydrogen (secondary N) is 1. The van der Waals surface area contributed by atoms with Crippen LogP contribution in [-0.2, 0) is 23.8 Å². The average Bonchev–Trinajstić information content (AvgIpc) is 3.49. The molecule has 11 nitrogen and oxygen atoms in total. The molecule has 1 saturated heterocycles. The molecule has 0 bridgehead atoms. The SMILES string of the molecule is CCCCCCCC/C=C/CCCCCCCCCCCCCCCCCC(=O)OC1C(OCC(NC(=O)C(O)CCCCCCCCCCCCCCC)C(O)/C=C/CCCCCCCCCCCC)OC(CO)C(O)C1O. The van der Waals surface area contributed by atoms with Gasteiger partial charge >= 0.3 is 5.97 Å². The Morgan fingerprint density at radius 1 is 0.481 bits per heavy atom. The summed E-state index contributed by atoms with van der Waals surface area (Å²) in [5.41, 5.74) is 0. The van der Waals surface area contributed by atoms with E-state index in [1.807, 2.05) is 6.08 Å². The minimum absolute atomic E-state index is 0.129. The van der Waals surface area contributed by atoms with Crippen LogP contribution in [0.4, 0.5) is 0 Å². The van der Waals surface area contributed by atoms with Crippen molar-refractivity contribution in [1.82, 2.24) is 5.32 Å². The number of carbonyl (C=O) groups excluding carboxylic acids is 2. The summed E-state index contributed by atoms with van der Waals surface area (Å²) in [5, 5.41) is 57.1. The van der Waals surface area contributed by atoms with Crippen LogP contribution >= 0.6 is 0 Å². The maximum atomic E-state index is 13.4. The molecule has 1 aliphatic heterocycles. The number of esters is 1. The van der Waals surface area contributed by atoms with E-state index in [0.29, 0.717) is 19.3 Å². The van der Waals surface area contributed by atoms with Crippen molar-refractivity contribution in [2.75, 3.05) is 13.2 Å². The molecule has 1 amide bonds. The lowest BCUT2D eigenvalue weighted by atomic mass is 9.99. The van der Waals surface area contributed by atoms with Gasteiger partial charge in [-0.25, -0.2) is 0 Å². The molecule has 79 heavy (non-hydrogen) atoms. The molecule has 1 rings (SSSR count). The maximum Gasteiger partial charge on any atom is 0.306 e. The highest BCUT2D eigenvalue weighted by Crippen LogP contribution is 2.26. The van der Waals surface area contributed by atoms with Crippen molar-refractivity contribution in [1.29, 1.82) is 0 Å². The van der Waals surface area contributed by atoms with Crippen LogP contribution in [0.25, 0.3) is 0 Å². The highest BCUT2D eigenvalue weighted by Gasteiger charge is 2.47. The summed E-state index contributed by atoms with van der Waals surface area (Å²) < 4.78 is 17.7. The molecule has 6 N–H and O–H groups in total. The maximum absolute atomic E-state index is 13.4. The van der Waals surface area contributed by atoms with E-state index in [0.717, 1.165) is 57.8 Å². The molecule has 0 radical (unpaired) electrons. The zero-order valence-corrected chi connectivity index (χ0v) is 51.8. The first-order valence-electron chi connectivity index (χ1n) is 34.1. The fourth-order valence-electron chi connectivity index (χ4n) is 10.9. The van der Waals surface area contributed by atoms with Crippen LogP contribution < -0.4 is 5.32 Å².